The molecule has 2 nitrogen and oxygen atoms in total. The van der Waals surface area contributed by atoms with Crippen molar-refractivity contribution in [1.82, 2.24) is 4.57 Å². The summed E-state index contributed by atoms with van der Waals surface area (Å²) in [4.78, 5) is 0. The fourth-order valence-corrected chi connectivity index (χ4v) is 2.77. The monoisotopic (exact) mass is 211 g/mol. The molecule has 14 heavy (non-hydrogen) atoms. The van der Waals surface area contributed by atoms with Crippen molar-refractivity contribution >= 4 is 8.07 Å². The summed E-state index contributed by atoms with van der Waals surface area (Å²) in [6, 6.07) is 1.43. The van der Waals surface area contributed by atoms with E-state index in [0.717, 1.165) is 6.54 Å². The van der Waals surface area contributed by atoms with Crippen molar-refractivity contribution in [2.45, 2.75) is 52.1 Å². The number of nitrogens with zero attached hydrogens (tertiary/aromatic N) is 2. The first-order valence-corrected chi connectivity index (χ1v) is 9.27. The van der Waals surface area contributed by atoms with Crippen LogP contribution in [0.1, 0.15) is 13.3 Å². The van der Waals surface area contributed by atoms with E-state index in [1.807, 2.05) is 0 Å². The van der Waals surface area contributed by atoms with Gasteiger partial charge in [-0.25, -0.2) is 9.13 Å². The molecule has 0 unspecified atom stereocenters. The summed E-state index contributed by atoms with van der Waals surface area (Å²) >= 11 is 0. The highest BCUT2D eigenvalue weighted by atomic mass is 28.3. The van der Waals surface area contributed by atoms with Crippen LogP contribution in [0.4, 0.5) is 0 Å². The van der Waals surface area contributed by atoms with Gasteiger partial charge >= 0.3 is 0 Å². The zero-order chi connectivity index (χ0) is 10.6. The molecule has 0 aliphatic carbocycles. The van der Waals surface area contributed by atoms with Gasteiger partial charge in [0, 0.05) is 8.07 Å². The zero-order valence-electron chi connectivity index (χ0n) is 9.95. The number of hydrogen-bond donors (Lipinski definition) is 0. The van der Waals surface area contributed by atoms with E-state index in [1.165, 1.54) is 19.0 Å². The van der Waals surface area contributed by atoms with E-state index >= 15 is 0 Å². The van der Waals surface area contributed by atoms with Crippen LogP contribution in [0.25, 0.3) is 0 Å². The van der Waals surface area contributed by atoms with Crippen molar-refractivity contribution in [3.8, 4) is 0 Å². The highest BCUT2D eigenvalue weighted by Gasteiger charge is 2.12. The molecule has 0 fully saturated rings. The van der Waals surface area contributed by atoms with Gasteiger partial charge in [0.25, 0.3) is 0 Å². The Labute approximate surface area is 88.6 Å². The predicted molar refractivity (Wildman–Crippen MR) is 63.1 cm³/mol. The average molecular weight is 211 g/mol. The van der Waals surface area contributed by atoms with Crippen LogP contribution in [0.15, 0.2) is 18.7 Å². The van der Waals surface area contributed by atoms with Crippen molar-refractivity contribution in [3.05, 3.63) is 18.7 Å². The van der Waals surface area contributed by atoms with Gasteiger partial charge in [-0.15, -0.1) is 0 Å². The predicted octanol–water partition coefficient (Wildman–Crippen LogP) is 2.52. The first kappa shape index (κ1) is 11.5. The summed E-state index contributed by atoms with van der Waals surface area (Å²) in [7, 11) is -0.833. The highest BCUT2D eigenvalue weighted by Crippen LogP contribution is 2.10. The van der Waals surface area contributed by atoms with E-state index in [1.54, 1.807) is 0 Å². The van der Waals surface area contributed by atoms with Gasteiger partial charge in [-0.1, -0.05) is 25.7 Å². The Kier molecular flexibility index (Phi) is 3.93. The molecule has 0 spiro atoms. The molecular weight excluding hydrogens is 188 g/mol. The van der Waals surface area contributed by atoms with Crippen LogP contribution in [0.3, 0.4) is 0 Å². The van der Waals surface area contributed by atoms with Gasteiger partial charge < -0.3 is 0 Å². The molecule has 0 saturated carbocycles. The molecule has 0 N–H and O–H groups in total. The van der Waals surface area contributed by atoms with Crippen LogP contribution in [0.2, 0.25) is 25.7 Å². The minimum atomic E-state index is -0.833. The van der Waals surface area contributed by atoms with E-state index in [0.29, 0.717) is 0 Å². The Balaban J connectivity index is 2.31. The average Bonchev–Trinajstić information content (AvgIpc) is 2.50. The van der Waals surface area contributed by atoms with Crippen molar-refractivity contribution < 1.29 is 4.57 Å². The molecule has 1 aromatic heterocycles. The smallest absolute Gasteiger partial charge is 0.237 e. The summed E-state index contributed by atoms with van der Waals surface area (Å²) in [6.07, 6.45) is 7.85. The SMILES string of the molecule is CCn1cc[n+](CCC[Si](C)(C)C)c1. The fraction of sp³-hybridized carbons (Fsp3) is 0.727. The van der Waals surface area contributed by atoms with Gasteiger partial charge in [-0.05, 0) is 13.3 Å². The molecule has 1 heterocycles. The number of rotatable bonds is 5. The Morgan fingerprint density at radius 2 is 2.00 bits per heavy atom. The second kappa shape index (κ2) is 4.78. The van der Waals surface area contributed by atoms with Crippen molar-refractivity contribution in [3.63, 3.8) is 0 Å². The van der Waals surface area contributed by atoms with Gasteiger partial charge in [0.1, 0.15) is 12.4 Å². The molecule has 80 valence electrons. The maximum absolute atomic E-state index is 2.44. The lowest BCUT2D eigenvalue weighted by atomic mass is 10.5. The summed E-state index contributed by atoms with van der Waals surface area (Å²) < 4.78 is 4.51. The van der Waals surface area contributed by atoms with Crippen LogP contribution < -0.4 is 4.57 Å². The Morgan fingerprint density at radius 3 is 2.50 bits per heavy atom. The third-order valence-electron chi connectivity index (χ3n) is 2.45. The van der Waals surface area contributed by atoms with Crippen molar-refractivity contribution in [2.75, 3.05) is 0 Å². The minimum Gasteiger partial charge on any atom is -0.237 e. The molecule has 1 rings (SSSR count). The van der Waals surface area contributed by atoms with Crippen LogP contribution in [-0.2, 0) is 13.1 Å². The van der Waals surface area contributed by atoms with Gasteiger partial charge in [0.05, 0.1) is 13.1 Å². The lowest BCUT2D eigenvalue weighted by Crippen LogP contribution is -2.32. The summed E-state index contributed by atoms with van der Waals surface area (Å²) in [5.74, 6) is 0. The van der Waals surface area contributed by atoms with E-state index in [4.69, 9.17) is 0 Å². The number of aromatic nitrogens is 2. The van der Waals surface area contributed by atoms with E-state index < -0.39 is 8.07 Å². The summed E-state index contributed by atoms with van der Waals surface area (Å²) in [6.45, 7) is 11.7. The summed E-state index contributed by atoms with van der Waals surface area (Å²) in [5.41, 5.74) is 0. The van der Waals surface area contributed by atoms with Crippen LogP contribution in [0, 0.1) is 0 Å². The molecule has 0 amide bonds. The first-order valence-electron chi connectivity index (χ1n) is 5.56. The second-order valence-electron chi connectivity index (χ2n) is 5.15. The molecular formula is C11H23N2Si+. The van der Waals surface area contributed by atoms with Gasteiger partial charge in [-0.2, -0.15) is 0 Å². The van der Waals surface area contributed by atoms with Gasteiger partial charge in [0.2, 0.25) is 6.33 Å². The standard InChI is InChI=1S/C11H23N2Si/c1-5-12-8-9-13(11-12)7-6-10-14(2,3)4/h8-9,11H,5-7,10H2,1-4H3/q+1. The van der Waals surface area contributed by atoms with Crippen molar-refractivity contribution in [2.24, 2.45) is 0 Å². The third-order valence-corrected chi connectivity index (χ3v) is 4.31. The maximum atomic E-state index is 2.44. The van der Waals surface area contributed by atoms with Gasteiger partial charge in [-0.3, -0.25) is 0 Å². The minimum absolute atomic E-state index is 0.833. The molecule has 3 heteroatoms. The topological polar surface area (TPSA) is 8.81 Å². The maximum Gasteiger partial charge on any atom is 0.243 e. The number of hydrogen-bond acceptors (Lipinski definition) is 0. The van der Waals surface area contributed by atoms with E-state index in [9.17, 15) is 0 Å². The molecule has 0 radical (unpaired) electrons. The third kappa shape index (κ3) is 4.09. The van der Waals surface area contributed by atoms with Crippen LogP contribution >= 0.6 is 0 Å². The molecule has 0 bridgehead atoms. The normalized spacial score (nSPS) is 12.0. The van der Waals surface area contributed by atoms with Crippen LogP contribution in [-0.4, -0.2) is 12.6 Å². The quantitative estimate of drug-likeness (QED) is 0.523. The van der Waals surface area contributed by atoms with Crippen LogP contribution in [0.5, 0.6) is 0 Å². The lowest BCUT2D eigenvalue weighted by Gasteiger charge is -2.13. The molecule has 0 atom stereocenters. The zero-order valence-corrected chi connectivity index (χ0v) is 11.0. The Bertz CT molecular complexity index is 273. The van der Waals surface area contributed by atoms with E-state index in [2.05, 4.69) is 54.4 Å². The highest BCUT2D eigenvalue weighted by molar-refractivity contribution is 6.76. The Morgan fingerprint density at radius 1 is 1.29 bits per heavy atom. The number of aryl methyl sites for hydroxylation is 2. The molecule has 0 saturated heterocycles. The van der Waals surface area contributed by atoms with Crippen molar-refractivity contribution in [1.29, 1.82) is 0 Å². The Hall–Kier alpha value is -0.573. The summed E-state index contributed by atoms with van der Waals surface area (Å²) in [5, 5.41) is 0. The largest absolute Gasteiger partial charge is 0.243 e. The number of imidazole rings is 1. The first-order chi connectivity index (χ1) is 6.51. The molecule has 0 aliphatic rings. The molecule has 0 aliphatic heterocycles. The lowest BCUT2D eigenvalue weighted by molar-refractivity contribution is -0.696. The second-order valence-corrected chi connectivity index (χ2v) is 10.8. The molecule has 1 aromatic rings. The molecule has 0 aromatic carbocycles. The van der Waals surface area contributed by atoms with Gasteiger partial charge in [0.15, 0.2) is 0 Å². The fourth-order valence-electron chi connectivity index (χ4n) is 1.55. The van der Waals surface area contributed by atoms with E-state index in [-0.39, 0.29) is 0 Å².